The van der Waals surface area contributed by atoms with Crippen LogP contribution in [0.2, 0.25) is 0 Å². The molecule has 0 heterocycles. The van der Waals surface area contributed by atoms with Gasteiger partial charge in [-0.2, -0.15) is 0 Å². The number of amides is 2. The predicted molar refractivity (Wildman–Crippen MR) is 140 cm³/mol. The number of ether oxygens (including phenoxy) is 1. The molecule has 0 aliphatic heterocycles. The van der Waals surface area contributed by atoms with Gasteiger partial charge in [-0.05, 0) is 49.9 Å². The fourth-order valence-corrected chi connectivity index (χ4v) is 3.94. The van der Waals surface area contributed by atoms with Crippen LogP contribution in [0.1, 0.15) is 42.5 Å². The molecule has 0 aromatic heterocycles. The highest BCUT2D eigenvalue weighted by atomic mass is 16.5. The minimum atomic E-state index is -0.667. The van der Waals surface area contributed by atoms with E-state index in [0.717, 1.165) is 28.7 Å². The highest BCUT2D eigenvalue weighted by Crippen LogP contribution is 2.19. The van der Waals surface area contributed by atoms with Crippen LogP contribution in [0.5, 0.6) is 5.75 Å². The summed E-state index contributed by atoms with van der Waals surface area (Å²) in [5, 5.41) is 3.09. The van der Waals surface area contributed by atoms with E-state index < -0.39 is 6.04 Å². The Bertz CT molecular complexity index is 1110. The molecular formula is C30H36N2O3. The molecule has 1 N–H and O–H groups in total. The Morgan fingerprint density at radius 3 is 2.29 bits per heavy atom. The standard InChI is InChI=1S/C30H36N2O3/c1-5-24(4)31-30(34)27(19-25-14-7-6-8-15-25)32(20-26-16-11-12-22(2)18-26)29(33)21-35-28-17-10-9-13-23(28)3/h6-18,24,27H,5,19-21H2,1-4H3,(H,31,34)/t24-,27-/m0/s1. The van der Waals surface area contributed by atoms with Crippen molar-refractivity contribution >= 4 is 11.8 Å². The number of nitrogens with one attached hydrogen (secondary N) is 1. The lowest BCUT2D eigenvalue weighted by molar-refractivity contribution is -0.143. The molecule has 2 atom stereocenters. The van der Waals surface area contributed by atoms with Crippen molar-refractivity contribution < 1.29 is 14.3 Å². The van der Waals surface area contributed by atoms with Crippen molar-refractivity contribution in [3.63, 3.8) is 0 Å². The Balaban J connectivity index is 1.92. The van der Waals surface area contributed by atoms with Gasteiger partial charge in [0.25, 0.3) is 5.91 Å². The first-order valence-electron chi connectivity index (χ1n) is 12.2. The van der Waals surface area contributed by atoms with Gasteiger partial charge in [0.05, 0.1) is 0 Å². The second-order valence-corrected chi connectivity index (χ2v) is 9.09. The number of rotatable bonds is 11. The van der Waals surface area contributed by atoms with E-state index in [2.05, 4.69) is 11.4 Å². The van der Waals surface area contributed by atoms with Crippen LogP contribution < -0.4 is 10.1 Å². The smallest absolute Gasteiger partial charge is 0.261 e. The second-order valence-electron chi connectivity index (χ2n) is 9.09. The molecule has 184 valence electrons. The van der Waals surface area contributed by atoms with E-state index in [9.17, 15) is 9.59 Å². The molecule has 35 heavy (non-hydrogen) atoms. The third-order valence-corrected chi connectivity index (χ3v) is 6.15. The van der Waals surface area contributed by atoms with E-state index in [4.69, 9.17) is 4.74 Å². The lowest BCUT2D eigenvalue weighted by Gasteiger charge is -2.32. The summed E-state index contributed by atoms with van der Waals surface area (Å²) in [6.07, 6.45) is 1.23. The van der Waals surface area contributed by atoms with Gasteiger partial charge in [-0.25, -0.2) is 0 Å². The summed E-state index contributed by atoms with van der Waals surface area (Å²) in [5.74, 6) is 0.287. The number of para-hydroxylation sites is 1. The van der Waals surface area contributed by atoms with Gasteiger partial charge in [0.1, 0.15) is 11.8 Å². The number of benzene rings is 3. The summed E-state index contributed by atoms with van der Waals surface area (Å²) in [4.78, 5) is 28.8. The molecule has 0 bridgehead atoms. The van der Waals surface area contributed by atoms with Gasteiger partial charge in [-0.1, -0.05) is 85.3 Å². The van der Waals surface area contributed by atoms with E-state index in [0.29, 0.717) is 18.7 Å². The molecule has 0 radical (unpaired) electrons. The maximum Gasteiger partial charge on any atom is 0.261 e. The predicted octanol–water partition coefficient (Wildman–Crippen LogP) is 5.24. The van der Waals surface area contributed by atoms with Crippen LogP contribution in [0, 0.1) is 13.8 Å². The third kappa shape index (κ3) is 7.71. The molecule has 5 nitrogen and oxygen atoms in total. The van der Waals surface area contributed by atoms with Gasteiger partial charge in [-0.15, -0.1) is 0 Å². The fourth-order valence-electron chi connectivity index (χ4n) is 3.94. The maximum atomic E-state index is 13.6. The normalized spacial score (nSPS) is 12.5. The molecule has 0 fully saturated rings. The maximum absolute atomic E-state index is 13.6. The zero-order valence-electron chi connectivity index (χ0n) is 21.2. The van der Waals surface area contributed by atoms with Crippen LogP contribution in [0.3, 0.4) is 0 Å². The molecule has 2 amide bonds. The molecular weight excluding hydrogens is 436 g/mol. The average Bonchev–Trinajstić information content (AvgIpc) is 2.86. The first-order valence-corrected chi connectivity index (χ1v) is 12.2. The molecule has 0 saturated heterocycles. The Morgan fingerprint density at radius 1 is 0.914 bits per heavy atom. The van der Waals surface area contributed by atoms with Crippen LogP contribution in [-0.2, 0) is 22.6 Å². The van der Waals surface area contributed by atoms with Crippen molar-refractivity contribution in [1.29, 1.82) is 0 Å². The zero-order chi connectivity index (χ0) is 25.2. The van der Waals surface area contributed by atoms with Crippen LogP contribution >= 0.6 is 0 Å². The SMILES string of the molecule is CC[C@H](C)NC(=O)[C@H](Cc1ccccc1)N(Cc1cccc(C)c1)C(=O)COc1ccccc1C. The average molecular weight is 473 g/mol. The van der Waals surface area contributed by atoms with Crippen molar-refractivity contribution in [1.82, 2.24) is 10.2 Å². The van der Waals surface area contributed by atoms with E-state index >= 15 is 0 Å². The Morgan fingerprint density at radius 2 is 1.60 bits per heavy atom. The van der Waals surface area contributed by atoms with Crippen LogP contribution in [0.25, 0.3) is 0 Å². The van der Waals surface area contributed by atoms with Gasteiger partial charge < -0.3 is 15.0 Å². The summed E-state index contributed by atoms with van der Waals surface area (Å²) in [6.45, 7) is 8.16. The lowest BCUT2D eigenvalue weighted by Crippen LogP contribution is -2.53. The molecule has 3 rings (SSSR count). The Kier molecular flexibility index (Phi) is 9.47. The Labute approximate surface area is 209 Å². The summed E-state index contributed by atoms with van der Waals surface area (Å²) >= 11 is 0. The molecule has 5 heteroatoms. The summed E-state index contributed by atoms with van der Waals surface area (Å²) in [6, 6.07) is 24.8. The number of nitrogens with zero attached hydrogens (tertiary/aromatic N) is 1. The van der Waals surface area contributed by atoms with Gasteiger partial charge >= 0.3 is 0 Å². The van der Waals surface area contributed by atoms with Crippen molar-refractivity contribution in [2.24, 2.45) is 0 Å². The monoisotopic (exact) mass is 472 g/mol. The summed E-state index contributed by atoms with van der Waals surface area (Å²) in [5.41, 5.74) is 4.04. The third-order valence-electron chi connectivity index (χ3n) is 6.15. The number of aryl methyl sites for hydroxylation is 2. The van der Waals surface area contributed by atoms with Crippen molar-refractivity contribution in [2.75, 3.05) is 6.61 Å². The fraction of sp³-hybridized carbons (Fsp3) is 0.333. The van der Waals surface area contributed by atoms with Crippen LogP contribution in [0.4, 0.5) is 0 Å². The van der Waals surface area contributed by atoms with Crippen LogP contribution in [-0.4, -0.2) is 35.4 Å². The number of hydrogen-bond donors (Lipinski definition) is 1. The quantitative estimate of drug-likeness (QED) is 0.415. The Hall–Kier alpha value is -3.60. The number of hydrogen-bond acceptors (Lipinski definition) is 3. The first-order chi connectivity index (χ1) is 16.9. The van der Waals surface area contributed by atoms with E-state index in [1.165, 1.54) is 0 Å². The summed E-state index contributed by atoms with van der Waals surface area (Å²) in [7, 11) is 0. The van der Waals surface area contributed by atoms with Gasteiger partial charge in [0.15, 0.2) is 6.61 Å². The van der Waals surface area contributed by atoms with E-state index in [-0.39, 0.29) is 24.5 Å². The van der Waals surface area contributed by atoms with Crippen molar-refractivity contribution in [3.8, 4) is 5.75 Å². The molecule has 0 aliphatic rings. The zero-order valence-corrected chi connectivity index (χ0v) is 21.2. The number of carbonyl (C=O) groups is 2. The minimum Gasteiger partial charge on any atom is -0.484 e. The largest absolute Gasteiger partial charge is 0.484 e. The molecule has 0 saturated carbocycles. The second kappa shape index (κ2) is 12.7. The minimum absolute atomic E-state index is 0.0138. The first kappa shape index (κ1) is 26.0. The van der Waals surface area contributed by atoms with E-state index in [1.807, 2.05) is 100 Å². The van der Waals surface area contributed by atoms with Crippen LogP contribution in [0.15, 0.2) is 78.9 Å². The van der Waals surface area contributed by atoms with Gasteiger partial charge in [-0.3, -0.25) is 9.59 Å². The molecule has 0 unspecified atom stereocenters. The van der Waals surface area contributed by atoms with E-state index in [1.54, 1.807) is 4.90 Å². The molecule has 0 spiro atoms. The topological polar surface area (TPSA) is 58.6 Å². The van der Waals surface area contributed by atoms with Crippen molar-refractivity contribution in [3.05, 3.63) is 101 Å². The number of carbonyl (C=O) groups excluding carboxylic acids is 2. The van der Waals surface area contributed by atoms with Gasteiger partial charge in [0, 0.05) is 19.0 Å². The lowest BCUT2D eigenvalue weighted by atomic mass is 10.0. The summed E-state index contributed by atoms with van der Waals surface area (Å²) < 4.78 is 5.90. The molecule has 3 aromatic rings. The highest BCUT2D eigenvalue weighted by molar-refractivity contribution is 5.88. The van der Waals surface area contributed by atoms with Crippen molar-refractivity contribution in [2.45, 2.75) is 59.2 Å². The molecule has 0 aliphatic carbocycles. The van der Waals surface area contributed by atoms with Gasteiger partial charge in [0.2, 0.25) is 5.91 Å². The molecule has 3 aromatic carbocycles. The highest BCUT2D eigenvalue weighted by Gasteiger charge is 2.31.